The molecule has 0 atom stereocenters. The molecule has 0 bridgehead atoms. The SMILES string of the molecule is CCCCCNc1nccc(Nc2ccc(C#N)cc2)n1. The smallest absolute Gasteiger partial charge is 0.224 e. The van der Waals surface area contributed by atoms with Crippen LogP contribution >= 0.6 is 0 Å². The van der Waals surface area contributed by atoms with Crippen molar-refractivity contribution in [1.82, 2.24) is 9.97 Å². The van der Waals surface area contributed by atoms with E-state index >= 15 is 0 Å². The molecule has 2 rings (SSSR count). The van der Waals surface area contributed by atoms with Gasteiger partial charge in [-0.3, -0.25) is 0 Å². The van der Waals surface area contributed by atoms with Crippen molar-refractivity contribution in [1.29, 1.82) is 5.26 Å². The van der Waals surface area contributed by atoms with E-state index in [-0.39, 0.29) is 0 Å². The molecule has 0 aliphatic carbocycles. The zero-order chi connectivity index (χ0) is 14.9. The van der Waals surface area contributed by atoms with E-state index in [4.69, 9.17) is 5.26 Å². The van der Waals surface area contributed by atoms with E-state index in [9.17, 15) is 0 Å². The summed E-state index contributed by atoms with van der Waals surface area (Å²) in [5, 5.41) is 15.2. The molecule has 21 heavy (non-hydrogen) atoms. The van der Waals surface area contributed by atoms with Crippen LogP contribution in [-0.2, 0) is 0 Å². The van der Waals surface area contributed by atoms with Gasteiger partial charge in [0.25, 0.3) is 0 Å². The summed E-state index contributed by atoms with van der Waals surface area (Å²) < 4.78 is 0. The summed E-state index contributed by atoms with van der Waals surface area (Å²) in [6.45, 7) is 3.06. The maximum Gasteiger partial charge on any atom is 0.224 e. The number of hydrogen-bond acceptors (Lipinski definition) is 5. The number of aromatic nitrogens is 2. The van der Waals surface area contributed by atoms with Crippen LogP contribution in [0.1, 0.15) is 31.7 Å². The fourth-order valence-corrected chi connectivity index (χ4v) is 1.86. The van der Waals surface area contributed by atoms with Crippen LogP contribution in [0.2, 0.25) is 0 Å². The fourth-order valence-electron chi connectivity index (χ4n) is 1.86. The average molecular weight is 281 g/mol. The van der Waals surface area contributed by atoms with E-state index in [0.717, 1.165) is 24.5 Å². The third-order valence-corrected chi connectivity index (χ3v) is 3.01. The minimum atomic E-state index is 0.629. The normalized spacial score (nSPS) is 9.90. The number of benzene rings is 1. The number of nitrogens with zero attached hydrogens (tertiary/aromatic N) is 3. The summed E-state index contributed by atoms with van der Waals surface area (Å²) in [6, 6.07) is 11.2. The van der Waals surface area contributed by atoms with Crippen LogP contribution < -0.4 is 10.6 Å². The molecule has 1 aromatic heterocycles. The second-order valence-corrected chi connectivity index (χ2v) is 4.71. The first kappa shape index (κ1) is 14.8. The van der Waals surface area contributed by atoms with Crippen molar-refractivity contribution in [3.05, 3.63) is 42.1 Å². The maximum absolute atomic E-state index is 8.78. The molecule has 0 fully saturated rings. The van der Waals surface area contributed by atoms with Crippen molar-refractivity contribution < 1.29 is 0 Å². The van der Waals surface area contributed by atoms with E-state index in [1.807, 2.05) is 18.2 Å². The Morgan fingerprint density at radius 1 is 1.14 bits per heavy atom. The highest BCUT2D eigenvalue weighted by Gasteiger charge is 2.00. The van der Waals surface area contributed by atoms with Crippen LogP contribution in [0.25, 0.3) is 0 Å². The lowest BCUT2D eigenvalue weighted by atomic mass is 10.2. The van der Waals surface area contributed by atoms with Crippen LogP contribution in [-0.4, -0.2) is 16.5 Å². The van der Waals surface area contributed by atoms with Crippen LogP contribution in [0.4, 0.5) is 17.5 Å². The van der Waals surface area contributed by atoms with Crippen molar-refractivity contribution in [3.8, 4) is 6.07 Å². The molecule has 1 aromatic carbocycles. The minimum absolute atomic E-state index is 0.629. The number of nitriles is 1. The van der Waals surface area contributed by atoms with Gasteiger partial charge in [0.15, 0.2) is 0 Å². The monoisotopic (exact) mass is 281 g/mol. The topological polar surface area (TPSA) is 73.6 Å². The second kappa shape index (κ2) is 7.85. The zero-order valence-electron chi connectivity index (χ0n) is 12.1. The molecule has 0 amide bonds. The number of anilines is 3. The lowest BCUT2D eigenvalue weighted by Crippen LogP contribution is -2.06. The molecule has 0 aliphatic rings. The Hall–Kier alpha value is -2.61. The van der Waals surface area contributed by atoms with Gasteiger partial charge < -0.3 is 10.6 Å². The molecule has 0 unspecified atom stereocenters. The highest BCUT2D eigenvalue weighted by Crippen LogP contribution is 2.15. The van der Waals surface area contributed by atoms with E-state index < -0.39 is 0 Å². The molecule has 108 valence electrons. The number of rotatable bonds is 7. The fraction of sp³-hybridized carbons (Fsp3) is 0.312. The molecule has 0 aliphatic heterocycles. The summed E-state index contributed by atoms with van der Waals surface area (Å²) in [6.07, 6.45) is 5.24. The van der Waals surface area contributed by atoms with Crippen molar-refractivity contribution >= 4 is 17.5 Å². The van der Waals surface area contributed by atoms with Crippen LogP contribution in [0, 0.1) is 11.3 Å². The number of hydrogen-bond donors (Lipinski definition) is 2. The Balaban J connectivity index is 1.95. The summed E-state index contributed by atoms with van der Waals surface area (Å²) >= 11 is 0. The van der Waals surface area contributed by atoms with E-state index in [1.54, 1.807) is 18.3 Å². The van der Waals surface area contributed by atoms with Crippen LogP contribution in [0.3, 0.4) is 0 Å². The molecule has 2 aromatic rings. The first-order valence-electron chi connectivity index (χ1n) is 7.16. The first-order chi connectivity index (χ1) is 10.3. The molecule has 0 spiro atoms. The maximum atomic E-state index is 8.78. The van der Waals surface area contributed by atoms with E-state index in [1.165, 1.54) is 12.8 Å². The van der Waals surface area contributed by atoms with Crippen molar-refractivity contribution in [2.75, 3.05) is 17.2 Å². The first-order valence-corrected chi connectivity index (χ1v) is 7.16. The molecule has 2 N–H and O–H groups in total. The third-order valence-electron chi connectivity index (χ3n) is 3.01. The third kappa shape index (κ3) is 4.77. The number of unbranched alkanes of at least 4 members (excludes halogenated alkanes) is 2. The lowest BCUT2D eigenvalue weighted by Gasteiger charge is -2.08. The molecule has 5 nitrogen and oxygen atoms in total. The predicted octanol–water partition coefficient (Wildman–Crippen LogP) is 3.69. The Kier molecular flexibility index (Phi) is 5.53. The highest BCUT2D eigenvalue weighted by molar-refractivity contribution is 5.57. The summed E-state index contributed by atoms with van der Waals surface area (Å²) in [5.74, 6) is 1.36. The van der Waals surface area contributed by atoms with Gasteiger partial charge in [-0.25, -0.2) is 4.98 Å². The molecule has 1 heterocycles. The summed E-state index contributed by atoms with van der Waals surface area (Å²) in [5.41, 5.74) is 1.53. The second-order valence-electron chi connectivity index (χ2n) is 4.71. The average Bonchev–Trinajstić information content (AvgIpc) is 2.53. The minimum Gasteiger partial charge on any atom is -0.354 e. The van der Waals surface area contributed by atoms with Gasteiger partial charge in [-0.15, -0.1) is 0 Å². The summed E-state index contributed by atoms with van der Waals surface area (Å²) in [7, 11) is 0. The Bertz CT molecular complexity index is 601. The van der Waals surface area contributed by atoms with Gasteiger partial charge in [0.1, 0.15) is 5.82 Å². The molecule has 0 saturated carbocycles. The van der Waals surface area contributed by atoms with Crippen LogP contribution in [0.15, 0.2) is 36.5 Å². The molecular weight excluding hydrogens is 262 g/mol. The molecule has 5 heteroatoms. The largest absolute Gasteiger partial charge is 0.354 e. The molecule has 0 radical (unpaired) electrons. The lowest BCUT2D eigenvalue weighted by molar-refractivity contribution is 0.740. The van der Waals surface area contributed by atoms with Crippen molar-refractivity contribution in [2.45, 2.75) is 26.2 Å². The van der Waals surface area contributed by atoms with Crippen LogP contribution in [0.5, 0.6) is 0 Å². The predicted molar refractivity (Wildman–Crippen MR) is 84.5 cm³/mol. The van der Waals surface area contributed by atoms with Crippen molar-refractivity contribution in [2.24, 2.45) is 0 Å². The quantitative estimate of drug-likeness (QED) is 0.757. The van der Waals surface area contributed by atoms with Gasteiger partial charge in [0, 0.05) is 18.4 Å². The van der Waals surface area contributed by atoms with E-state index in [0.29, 0.717) is 11.5 Å². The zero-order valence-corrected chi connectivity index (χ0v) is 12.1. The van der Waals surface area contributed by atoms with Gasteiger partial charge in [-0.1, -0.05) is 19.8 Å². The Morgan fingerprint density at radius 2 is 1.95 bits per heavy atom. The molecular formula is C16H19N5. The van der Waals surface area contributed by atoms with Gasteiger partial charge in [-0.2, -0.15) is 10.2 Å². The Labute approximate surface area is 125 Å². The molecule has 0 saturated heterocycles. The van der Waals surface area contributed by atoms with Crippen molar-refractivity contribution in [3.63, 3.8) is 0 Å². The van der Waals surface area contributed by atoms with Gasteiger partial charge in [0.05, 0.1) is 11.6 Å². The summed E-state index contributed by atoms with van der Waals surface area (Å²) in [4.78, 5) is 8.61. The number of nitrogens with one attached hydrogen (secondary N) is 2. The van der Waals surface area contributed by atoms with Gasteiger partial charge in [-0.05, 0) is 36.8 Å². The standard InChI is InChI=1S/C16H19N5/c1-2-3-4-10-18-16-19-11-9-15(21-16)20-14-7-5-13(12-17)6-8-14/h5-9,11H,2-4,10H2,1H3,(H2,18,19,20,21). The highest BCUT2D eigenvalue weighted by atomic mass is 15.1. The van der Waals surface area contributed by atoms with E-state index in [2.05, 4.69) is 33.6 Å². The Morgan fingerprint density at radius 3 is 2.67 bits per heavy atom. The van der Waals surface area contributed by atoms with Gasteiger partial charge in [0.2, 0.25) is 5.95 Å². The van der Waals surface area contributed by atoms with Gasteiger partial charge >= 0.3 is 0 Å².